The van der Waals surface area contributed by atoms with Gasteiger partial charge in [-0.1, -0.05) is 367 Å². The molecule has 0 bridgehead atoms. The summed E-state index contributed by atoms with van der Waals surface area (Å²) in [5, 5.41) is 11.9. The molecule has 2 atom stereocenters. The van der Waals surface area contributed by atoms with Crippen LogP contribution < -0.4 is 5.11 Å². The highest BCUT2D eigenvalue weighted by Crippen LogP contribution is 2.19. The number of carbonyl (C=O) groups excluding carboxylic acids is 3. The largest absolute Gasteiger partial charge is 0.545 e. The topological polar surface area (TPSA) is 111 Å². The summed E-state index contributed by atoms with van der Waals surface area (Å²) >= 11 is 0. The van der Waals surface area contributed by atoms with E-state index < -0.39 is 24.3 Å². The van der Waals surface area contributed by atoms with E-state index >= 15 is 0 Å². The molecule has 0 aliphatic carbocycles. The van der Waals surface area contributed by atoms with Gasteiger partial charge in [-0.15, -0.1) is 0 Å². The van der Waals surface area contributed by atoms with E-state index in [9.17, 15) is 19.5 Å². The van der Waals surface area contributed by atoms with Crippen molar-refractivity contribution in [1.29, 1.82) is 0 Å². The predicted molar refractivity (Wildman–Crippen MR) is 403 cm³/mol. The lowest BCUT2D eigenvalue weighted by Gasteiger charge is -2.26. The van der Waals surface area contributed by atoms with E-state index in [1.54, 1.807) is 0 Å². The van der Waals surface area contributed by atoms with Crippen LogP contribution >= 0.6 is 0 Å². The molecule has 0 saturated carbocycles. The third-order valence-corrected chi connectivity index (χ3v) is 17.3. The molecule has 0 N–H and O–H groups in total. The second-order valence-corrected chi connectivity index (χ2v) is 27.6. The second kappa shape index (κ2) is 74.7. The van der Waals surface area contributed by atoms with Crippen molar-refractivity contribution in [2.75, 3.05) is 47.5 Å². The van der Waals surface area contributed by atoms with Crippen LogP contribution in [0.1, 0.15) is 354 Å². The zero-order valence-electron chi connectivity index (χ0n) is 62.1. The number of unbranched alkanes of at least 4 members (excludes halogenated alkanes) is 40. The Morgan fingerprint density at radius 2 is 0.606 bits per heavy atom. The minimum Gasteiger partial charge on any atom is -0.545 e. The van der Waals surface area contributed by atoms with E-state index in [1.165, 1.54) is 218 Å². The summed E-state index contributed by atoms with van der Waals surface area (Å²) in [5.74, 6) is -2.27. The van der Waals surface area contributed by atoms with Gasteiger partial charge in [0.1, 0.15) is 13.2 Å². The normalized spacial score (nSPS) is 13.2. The molecule has 0 heterocycles. The lowest BCUT2D eigenvalue weighted by Crippen LogP contribution is -2.44. The molecule has 9 heteroatoms. The first-order chi connectivity index (χ1) is 46.1. The highest BCUT2D eigenvalue weighted by Gasteiger charge is 2.22. The van der Waals surface area contributed by atoms with Gasteiger partial charge >= 0.3 is 11.9 Å². The maximum Gasteiger partial charge on any atom is 0.306 e. The van der Waals surface area contributed by atoms with Gasteiger partial charge in [-0.05, 0) is 83.5 Å². The van der Waals surface area contributed by atoms with Crippen LogP contribution in [0.5, 0.6) is 0 Å². The number of carboxylic acids is 1. The second-order valence-electron chi connectivity index (χ2n) is 27.6. The van der Waals surface area contributed by atoms with E-state index in [2.05, 4.69) is 123 Å². The molecular formula is C85H149NO8. The minimum atomic E-state index is -1.63. The minimum absolute atomic E-state index is 0.145. The Kier molecular flexibility index (Phi) is 71.5. The standard InChI is InChI=1S/C85H149NO8/c1-6-8-10-12-14-16-18-20-22-24-26-28-30-32-34-36-38-39-40-41-42-43-44-45-46-48-50-52-54-56-58-60-62-64-66-68-70-72-74-76-83(88)94-81(80-93-85(84(89)90)91-78-77-86(3,4)5)79-92-82(87)75-73-71-69-67-65-63-61-59-57-55-53-51-49-47-37-35-33-31-29-27-25-23-21-19-17-15-13-11-9-7-2/h8,10,14,16,20,22,26,28,32,34,38-39,41-42,44-45,48,50,81,85H,6-7,9,11-13,15,17-19,21,23-25,27,29-31,33,35-37,40,43,46-47,49,51-80H2,1-5H3/b10-8-,16-14-,22-20-,28-26-,34-32-,39-38-,42-41-,45-44-,50-48-. The van der Waals surface area contributed by atoms with Crippen LogP contribution in [-0.4, -0.2) is 82.3 Å². The zero-order valence-corrected chi connectivity index (χ0v) is 62.1. The number of carboxylic acid groups (broad SMARTS) is 1. The van der Waals surface area contributed by atoms with Crippen molar-refractivity contribution in [3.8, 4) is 0 Å². The smallest absolute Gasteiger partial charge is 0.306 e. The number of hydrogen-bond acceptors (Lipinski definition) is 8. The predicted octanol–water partition coefficient (Wildman–Crippen LogP) is 24.0. The molecule has 0 rings (SSSR count). The van der Waals surface area contributed by atoms with Crippen LogP contribution in [0.2, 0.25) is 0 Å². The molecule has 0 aliphatic rings. The summed E-state index contributed by atoms with van der Waals surface area (Å²) in [4.78, 5) is 37.6. The van der Waals surface area contributed by atoms with Gasteiger partial charge in [-0.25, -0.2) is 0 Å². The van der Waals surface area contributed by atoms with Gasteiger partial charge < -0.3 is 33.3 Å². The summed E-state index contributed by atoms with van der Waals surface area (Å²) in [6.07, 6.45) is 102. The molecule has 2 unspecified atom stereocenters. The number of carbonyl (C=O) groups is 3. The molecule has 542 valence electrons. The Bertz CT molecular complexity index is 1920. The van der Waals surface area contributed by atoms with Gasteiger partial charge in [-0.2, -0.15) is 0 Å². The molecule has 0 amide bonds. The number of hydrogen-bond donors (Lipinski definition) is 0. The average Bonchev–Trinajstić information content (AvgIpc) is 3.76. The van der Waals surface area contributed by atoms with Crippen molar-refractivity contribution in [2.24, 2.45) is 0 Å². The Hall–Kier alpha value is -4.05. The maximum atomic E-state index is 13.0. The van der Waals surface area contributed by atoms with E-state index in [1.807, 2.05) is 21.1 Å². The molecule has 0 aromatic heterocycles. The lowest BCUT2D eigenvalue weighted by molar-refractivity contribution is -0.870. The molecule has 0 aliphatic heterocycles. The number of nitrogens with zero attached hydrogens (tertiary/aromatic N) is 1. The number of allylic oxidation sites excluding steroid dienone is 18. The molecular weight excluding hydrogens is 1160 g/mol. The fraction of sp³-hybridized carbons (Fsp3) is 0.753. The Morgan fingerprint density at radius 3 is 0.904 bits per heavy atom. The zero-order chi connectivity index (χ0) is 68.2. The summed E-state index contributed by atoms with van der Waals surface area (Å²) in [5.41, 5.74) is 0. The van der Waals surface area contributed by atoms with Crippen molar-refractivity contribution in [1.82, 2.24) is 0 Å². The molecule has 0 aromatic rings. The van der Waals surface area contributed by atoms with Gasteiger partial charge in [0.25, 0.3) is 0 Å². The first kappa shape index (κ1) is 90.0. The molecule has 9 nitrogen and oxygen atoms in total. The van der Waals surface area contributed by atoms with Gasteiger partial charge in [0, 0.05) is 12.8 Å². The van der Waals surface area contributed by atoms with Crippen molar-refractivity contribution < 1.29 is 42.9 Å². The summed E-state index contributed by atoms with van der Waals surface area (Å²) in [6.45, 7) is 4.68. The van der Waals surface area contributed by atoms with Crippen molar-refractivity contribution in [2.45, 2.75) is 367 Å². The SMILES string of the molecule is CC/C=C\C/C=C\C/C=C\C/C=C\C/C=C\C/C=C\C/C=C\C/C=C\C/C=C\CCCCCCCCCCCCCC(=O)OC(COC(=O)CCCCCCCCCCCCCCCCCCCCCCCCCCCCCCCC)COC(OCC[N+](C)(C)C)C(=O)[O-]. The molecule has 94 heavy (non-hydrogen) atoms. The van der Waals surface area contributed by atoms with Gasteiger partial charge in [0.2, 0.25) is 0 Å². The van der Waals surface area contributed by atoms with Crippen LogP contribution in [0.25, 0.3) is 0 Å². The molecule has 0 spiro atoms. The Labute approximate surface area is 581 Å². The summed E-state index contributed by atoms with van der Waals surface area (Å²) in [7, 11) is 5.94. The highest BCUT2D eigenvalue weighted by atomic mass is 16.7. The number of ether oxygens (including phenoxy) is 4. The third kappa shape index (κ3) is 75.3. The van der Waals surface area contributed by atoms with E-state index in [0.717, 1.165) is 103 Å². The number of aliphatic carboxylic acids is 1. The highest BCUT2D eigenvalue weighted by molar-refractivity contribution is 5.70. The van der Waals surface area contributed by atoms with Crippen LogP contribution in [0.15, 0.2) is 109 Å². The summed E-state index contributed by atoms with van der Waals surface area (Å²) < 4.78 is 22.9. The third-order valence-electron chi connectivity index (χ3n) is 17.3. The Balaban J connectivity index is 4.07. The summed E-state index contributed by atoms with van der Waals surface area (Å²) in [6, 6.07) is 0. The van der Waals surface area contributed by atoms with Crippen molar-refractivity contribution >= 4 is 17.9 Å². The van der Waals surface area contributed by atoms with Crippen LogP contribution in [-0.2, 0) is 33.3 Å². The average molecular weight is 1310 g/mol. The Morgan fingerprint density at radius 1 is 0.330 bits per heavy atom. The molecule has 0 aromatic carbocycles. The number of rotatable bonds is 73. The van der Waals surface area contributed by atoms with Crippen molar-refractivity contribution in [3.05, 3.63) is 109 Å². The van der Waals surface area contributed by atoms with Crippen LogP contribution in [0.3, 0.4) is 0 Å². The van der Waals surface area contributed by atoms with Crippen LogP contribution in [0, 0.1) is 0 Å². The number of quaternary nitrogens is 1. The van der Waals surface area contributed by atoms with E-state index in [4.69, 9.17) is 18.9 Å². The first-order valence-electron chi connectivity index (χ1n) is 39.5. The number of esters is 2. The fourth-order valence-corrected chi connectivity index (χ4v) is 11.3. The lowest BCUT2D eigenvalue weighted by atomic mass is 10.0. The fourth-order valence-electron chi connectivity index (χ4n) is 11.3. The number of likely N-dealkylation sites (N-methyl/N-ethyl adjacent to an activating group) is 1. The maximum absolute atomic E-state index is 13.0. The van der Waals surface area contributed by atoms with Gasteiger partial charge in [0.05, 0.1) is 40.3 Å². The first-order valence-corrected chi connectivity index (χ1v) is 39.5. The monoisotopic (exact) mass is 1310 g/mol. The van der Waals surface area contributed by atoms with Gasteiger partial charge in [0.15, 0.2) is 12.4 Å². The molecule has 0 saturated heterocycles. The molecule has 0 fully saturated rings. The quantitative estimate of drug-likeness (QED) is 0.0195. The van der Waals surface area contributed by atoms with E-state index in [-0.39, 0.29) is 32.2 Å². The van der Waals surface area contributed by atoms with E-state index in [0.29, 0.717) is 23.9 Å². The van der Waals surface area contributed by atoms with Crippen LogP contribution in [0.4, 0.5) is 0 Å². The molecule has 0 radical (unpaired) electrons. The van der Waals surface area contributed by atoms with Crippen molar-refractivity contribution in [3.63, 3.8) is 0 Å². The van der Waals surface area contributed by atoms with Gasteiger partial charge in [-0.3, -0.25) is 9.59 Å².